The maximum atomic E-state index is 12.7. The van der Waals surface area contributed by atoms with Gasteiger partial charge in [-0.05, 0) is 70.8 Å². The average molecular weight is 373 g/mol. The third-order valence-electron chi connectivity index (χ3n) is 5.24. The molecule has 2 heterocycles. The van der Waals surface area contributed by atoms with Crippen molar-refractivity contribution in [2.45, 2.75) is 47.1 Å². The molecule has 2 aliphatic heterocycles. The molecule has 0 atom stereocenters. The number of benzene rings is 1. The first-order chi connectivity index (χ1) is 12.8. The molecule has 1 aromatic rings. The number of aromatic hydroxyl groups is 1. The van der Waals surface area contributed by atoms with Crippen LogP contribution in [0, 0.1) is 12.8 Å². The Morgan fingerprint density at radius 2 is 2.00 bits per heavy atom. The van der Waals surface area contributed by atoms with Gasteiger partial charge >= 0.3 is 5.97 Å². The maximum absolute atomic E-state index is 12.7. The summed E-state index contributed by atoms with van der Waals surface area (Å²) in [4.78, 5) is 26.7. The van der Waals surface area contributed by atoms with Crippen molar-refractivity contribution in [3.05, 3.63) is 34.1 Å². The van der Waals surface area contributed by atoms with Crippen LogP contribution in [0.1, 0.15) is 55.1 Å². The Morgan fingerprint density at radius 3 is 2.59 bits per heavy atom. The molecule has 1 N–H and O–H groups in total. The lowest BCUT2D eigenvalue weighted by atomic mass is 9.95. The lowest BCUT2D eigenvalue weighted by Gasteiger charge is -2.31. The minimum absolute atomic E-state index is 0.0614. The highest BCUT2D eigenvalue weighted by Gasteiger charge is 2.35. The Bertz CT molecular complexity index is 799. The van der Waals surface area contributed by atoms with Gasteiger partial charge in [-0.25, -0.2) is 0 Å². The average Bonchev–Trinajstić information content (AvgIpc) is 2.97. The van der Waals surface area contributed by atoms with Crippen molar-refractivity contribution in [1.82, 2.24) is 4.90 Å². The number of rotatable bonds is 4. The predicted molar refractivity (Wildman–Crippen MR) is 101 cm³/mol. The van der Waals surface area contributed by atoms with Crippen molar-refractivity contribution >= 4 is 11.8 Å². The molecular weight excluding hydrogens is 346 g/mol. The van der Waals surface area contributed by atoms with Gasteiger partial charge in [0.2, 0.25) is 5.78 Å². The van der Waals surface area contributed by atoms with E-state index in [1.54, 1.807) is 6.07 Å². The van der Waals surface area contributed by atoms with Crippen molar-refractivity contribution in [3.8, 4) is 11.5 Å². The Labute approximate surface area is 159 Å². The molecule has 0 radical (unpaired) electrons. The summed E-state index contributed by atoms with van der Waals surface area (Å²) in [7, 11) is 0. The Morgan fingerprint density at radius 1 is 1.33 bits per heavy atom. The molecule has 6 heteroatoms. The van der Waals surface area contributed by atoms with Gasteiger partial charge in [0.05, 0.1) is 23.7 Å². The number of aryl methyl sites for hydroxylation is 1. The fraction of sp³-hybridized carbons (Fsp3) is 0.524. The molecule has 6 nitrogen and oxygen atoms in total. The molecular formula is C21H27NO5. The number of hydrogen-bond acceptors (Lipinski definition) is 6. The normalized spacial score (nSPS) is 17.6. The number of Topliss-reactive ketones (excluding diaryl/α,β-unsaturated/α-hetero) is 1. The number of piperidine rings is 1. The highest BCUT2D eigenvalue weighted by Crippen LogP contribution is 2.42. The van der Waals surface area contributed by atoms with Crippen molar-refractivity contribution in [2.75, 3.05) is 19.7 Å². The standard InChI is InChI=1S/C21H27NO5/c1-5-26-21(25)14-6-8-22(9-7-14)11-15-16(23)10-13(4)17-18(24)19(12(2)3)27-20(15)17/h10,14,23H,5-9,11H2,1-4H3. The molecule has 0 aromatic heterocycles. The number of esters is 1. The van der Waals surface area contributed by atoms with Crippen molar-refractivity contribution < 1.29 is 24.2 Å². The number of allylic oxidation sites excluding steroid dienone is 2. The van der Waals surface area contributed by atoms with Gasteiger partial charge in [0.1, 0.15) is 11.5 Å². The molecule has 0 amide bonds. The van der Waals surface area contributed by atoms with E-state index in [4.69, 9.17) is 9.47 Å². The zero-order valence-corrected chi connectivity index (χ0v) is 16.4. The summed E-state index contributed by atoms with van der Waals surface area (Å²) in [5.41, 5.74) is 2.71. The van der Waals surface area contributed by atoms with E-state index in [1.807, 2.05) is 27.7 Å². The molecule has 0 bridgehead atoms. The Balaban J connectivity index is 1.79. The summed E-state index contributed by atoms with van der Waals surface area (Å²) in [5, 5.41) is 10.5. The first kappa shape index (κ1) is 19.4. The second-order valence-corrected chi connectivity index (χ2v) is 7.46. The summed E-state index contributed by atoms with van der Waals surface area (Å²) < 4.78 is 11.0. The van der Waals surface area contributed by atoms with Gasteiger partial charge in [0.15, 0.2) is 5.76 Å². The van der Waals surface area contributed by atoms with E-state index >= 15 is 0 Å². The van der Waals surface area contributed by atoms with Gasteiger partial charge in [0.25, 0.3) is 0 Å². The Hall–Kier alpha value is -2.34. The number of nitrogens with zero attached hydrogens (tertiary/aromatic N) is 1. The zero-order chi connectivity index (χ0) is 19.7. The SMILES string of the molecule is CCOC(=O)C1CCN(Cc2c(O)cc(C)c3c2OC(=C(C)C)C3=O)CC1. The molecule has 0 unspecified atom stereocenters. The number of phenolic OH excluding ortho intramolecular Hbond substituents is 1. The first-order valence-corrected chi connectivity index (χ1v) is 9.47. The summed E-state index contributed by atoms with van der Waals surface area (Å²) >= 11 is 0. The Kier molecular flexibility index (Phi) is 5.56. The van der Waals surface area contributed by atoms with E-state index in [2.05, 4.69) is 4.90 Å². The molecule has 146 valence electrons. The number of hydrogen-bond donors (Lipinski definition) is 1. The third-order valence-corrected chi connectivity index (χ3v) is 5.24. The number of ether oxygens (including phenoxy) is 2. The highest BCUT2D eigenvalue weighted by atomic mass is 16.5. The monoisotopic (exact) mass is 373 g/mol. The number of carbonyl (C=O) groups excluding carboxylic acids is 2. The van der Waals surface area contributed by atoms with Crippen molar-refractivity contribution in [3.63, 3.8) is 0 Å². The number of phenols is 1. The molecule has 0 saturated carbocycles. The number of carbonyl (C=O) groups is 2. The van der Waals surface area contributed by atoms with E-state index < -0.39 is 0 Å². The largest absolute Gasteiger partial charge is 0.507 e. The van der Waals surface area contributed by atoms with Crippen LogP contribution in [0.25, 0.3) is 0 Å². The first-order valence-electron chi connectivity index (χ1n) is 9.47. The fourth-order valence-electron chi connectivity index (χ4n) is 3.76. The topological polar surface area (TPSA) is 76.1 Å². The van der Waals surface area contributed by atoms with Gasteiger partial charge in [-0.2, -0.15) is 0 Å². The molecule has 0 aliphatic carbocycles. The molecule has 0 spiro atoms. The van der Waals surface area contributed by atoms with Crippen LogP contribution in [0.2, 0.25) is 0 Å². The van der Waals surface area contributed by atoms with Crippen molar-refractivity contribution in [1.29, 1.82) is 0 Å². The van der Waals surface area contributed by atoms with Crippen LogP contribution in [0.3, 0.4) is 0 Å². The zero-order valence-electron chi connectivity index (χ0n) is 16.4. The predicted octanol–water partition coefficient (Wildman–Crippen LogP) is 3.34. The van der Waals surface area contributed by atoms with Gasteiger partial charge < -0.3 is 14.6 Å². The van der Waals surface area contributed by atoms with E-state index in [0.717, 1.165) is 31.5 Å². The molecule has 2 aliphatic rings. The van der Waals surface area contributed by atoms with E-state index in [-0.39, 0.29) is 23.4 Å². The number of ketones is 1. The number of fused-ring (bicyclic) bond motifs is 1. The quantitative estimate of drug-likeness (QED) is 0.644. The van der Waals surface area contributed by atoms with Crippen LogP contribution in [-0.2, 0) is 16.1 Å². The second-order valence-electron chi connectivity index (χ2n) is 7.46. The number of likely N-dealkylation sites (tertiary alicyclic amines) is 1. The van der Waals surface area contributed by atoms with E-state index in [0.29, 0.717) is 41.4 Å². The molecule has 3 rings (SSSR count). The lowest BCUT2D eigenvalue weighted by molar-refractivity contribution is -0.149. The van der Waals surface area contributed by atoms with E-state index in [1.165, 1.54) is 0 Å². The molecule has 1 fully saturated rings. The molecule has 1 aromatic carbocycles. The van der Waals surface area contributed by atoms with E-state index in [9.17, 15) is 14.7 Å². The van der Waals surface area contributed by atoms with Crippen LogP contribution in [0.15, 0.2) is 17.4 Å². The van der Waals surface area contributed by atoms with Crippen LogP contribution in [0.5, 0.6) is 11.5 Å². The molecule has 27 heavy (non-hydrogen) atoms. The van der Waals surface area contributed by atoms with Crippen LogP contribution >= 0.6 is 0 Å². The highest BCUT2D eigenvalue weighted by molar-refractivity contribution is 6.14. The summed E-state index contributed by atoms with van der Waals surface area (Å²) in [6.45, 7) is 9.65. The van der Waals surface area contributed by atoms with Gasteiger partial charge in [-0.1, -0.05) is 0 Å². The smallest absolute Gasteiger partial charge is 0.309 e. The van der Waals surface area contributed by atoms with Crippen LogP contribution in [-0.4, -0.2) is 41.5 Å². The van der Waals surface area contributed by atoms with Crippen molar-refractivity contribution in [2.24, 2.45) is 5.92 Å². The fourth-order valence-corrected chi connectivity index (χ4v) is 3.76. The van der Waals surface area contributed by atoms with Gasteiger partial charge in [0, 0.05) is 6.54 Å². The second kappa shape index (κ2) is 7.72. The van der Waals surface area contributed by atoms with Gasteiger partial charge in [-0.15, -0.1) is 0 Å². The minimum Gasteiger partial charge on any atom is -0.507 e. The van der Waals surface area contributed by atoms with Crippen LogP contribution < -0.4 is 4.74 Å². The third kappa shape index (κ3) is 3.72. The van der Waals surface area contributed by atoms with Crippen LogP contribution in [0.4, 0.5) is 0 Å². The van der Waals surface area contributed by atoms with Gasteiger partial charge in [-0.3, -0.25) is 14.5 Å². The summed E-state index contributed by atoms with van der Waals surface area (Å²) in [5.74, 6) is 0.653. The minimum atomic E-state index is -0.127. The maximum Gasteiger partial charge on any atom is 0.309 e. The molecule has 1 saturated heterocycles. The summed E-state index contributed by atoms with van der Waals surface area (Å²) in [6.07, 6.45) is 1.46. The summed E-state index contributed by atoms with van der Waals surface area (Å²) in [6, 6.07) is 1.63. The lowest BCUT2D eigenvalue weighted by Crippen LogP contribution is -2.36.